The second-order valence-electron chi connectivity index (χ2n) is 8.25. The van der Waals surface area contributed by atoms with Gasteiger partial charge < -0.3 is 20.3 Å². The van der Waals surface area contributed by atoms with E-state index in [9.17, 15) is 23.1 Å². The molecule has 1 amide bonds. The Hall–Kier alpha value is -2.39. The zero-order chi connectivity index (χ0) is 22.1. The molecule has 0 unspecified atom stereocenters. The molecular weight excluding hydrogens is 399 g/mol. The minimum atomic E-state index is -4.44. The molecule has 1 aliphatic carbocycles. The van der Waals surface area contributed by atoms with E-state index in [4.69, 9.17) is 4.52 Å². The maximum absolute atomic E-state index is 12.9. The predicted octanol–water partition coefficient (Wildman–Crippen LogP) is 3.75. The van der Waals surface area contributed by atoms with Gasteiger partial charge >= 0.3 is 6.18 Å². The van der Waals surface area contributed by atoms with Crippen molar-refractivity contribution >= 4 is 5.91 Å². The molecule has 1 saturated carbocycles. The molecule has 1 fully saturated rings. The van der Waals surface area contributed by atoms with Crippen molar-refractivity contribution in [1.29, 1.82) is 0 Å². The van der Waals surface area contributed by atoms with Crippen molar-refractivity contribution in [3.8, 4) is 11.3 Å². The van der Waals surface area contributed by atoms with E-state index in [1.807, 2.05) is 20.8 Å². The van der Waals surface area contributed by atoms with E-state index >= 15 is 0 Å². The molecule has 30 heavy (non-hydrogen) atoms. The zero-order valence-electron chi connectivity index (χ0n) is 17.1. The van der Waals surface area contributed by atoms with Crippen LogP contribution in [-0.4, -0.2) is 34.4 Å². The van der Waals surface area contributed by atoms with E-state index in [0.29, 0.717) is 30.5 Å². The molecule has 1 aromatic carbocycles. The summed E-state index contributed by atoms with van der Waals surface area (Å²) < 4.78 is 44.0. The number of hydrogen-bond acceptors (Lipinski definition) is 5. The molecule has 1 atom stereocenters. The second-order valence-corrected chi connectivity index (χ2v) is 8.25. The highest BCUT2D eigenvalue weighted by atomic mass is 19.4. The normalized spacial score (nSPS) is 16.5. The summed E-state index contributed by atoms with van der Waals surface area (Å²) in [6.07, 6.45) is -3.04. The lowest BCUT2D eigenvalue weighted by atomic mass is 10.0. The summed E-state index contributed by atoms with van der Waals surface area (Å²) in [6, 6.07) is 4.40. The number of hydrogen-bond donors (Lipinski definition) is 3. The molecule has 1 aliphatic rings. The molecule has 3 N–H and O–H groups in total. The Morgan fingerprint density at radius 1 is 1.23 bits per heavy atom. The van der Waals surface area contributed by atoms with Crippen LogP contribution < -0.4 is 10.6 Å². The van der Waals surface area contributed by atoms with E-state index in [-0.39, 0.29) is 30.0 Å². The van der Waals surface area contributed by atoms with Gasteiger partial charge in [-0.25, -0.2) is 0 Å². The van der Waals surface area contributed by atoms with Crippen molar-refractivity contribution in [3.05, 3.63) is 41.1 Å². The number of nitrogens with one attached hydrogen (secondary N) is 2. The van der Waals surface area contributed by atoms with E-state index in [1.54, 1.807) is 0 Å². The Morgan fingerprint density at radius 3 is 2.40 bits per heavy atom. The monoisotopic (exact) mass is 425 g/mol. The topological polar surface area (TPSA) is 87.4 Å². The van der Waals surface area contributed by atoms with Crippen molar-refractivity contribution in [2.75, 3.05) is 6.54 Å². The first-order chi connectivity index (χ1) is 14.0. The standard InChI is InChI=1S/C21H26F3N3O3/c1-12(2)13(3)26-19(28)17-16(10-25-11-20(29)8-9-20)18(30-27-17)14-4-6-15(7-5-14)21(22,23)24/h4-7,12-13,25,29H,8-11H2,1-3H3,(H,26,28)/t13-/m0/s1. The van der Waals surface area contributed by atoms with Crippen LogP contribution >= 0.6 is 0 Å². The average molecular weight is 425 g/mol. The zero-order valence-corrected chi connectivity index (χ0v) is 17.1. The van der Waals surface area contributed by atoms with Crippen molar-refractivity contribution in [2.45, 2.75) is 58.0 Å². The number of alkyl halides is 3. The fourth-order valence-electron chi connectivity index (χ4n) is 2.87. The van der Waals surface area contributed by atoms with Crippen LogP contribution in [0.1, 0.15) is 55.2 Å². The largest absolute Gasteiger partial charge is 0.416 e. The first-order valence-corrected chi connectivity index (χ1v) is 9.90. The molecule has 1 heterocycles. The van der Waals surface area contributed by atoms with Gasteiger partial charge in [-0.05, 0) is 37.8 Å². The first kappa shape index (κ1) is 22.3. The van der Waals surface area contributed by atoms with Crippen molar-refractivity contribution in [3.63, 3.8) is 0 Å². The van der Waals surface area contributed by atoms with Crippen LogP contribution in [0.2, 0.25) is 0 Å². The van der Waals surface area contributed by atoms with Crippen molar-refractivity contribution in [1.82, 2.24) is 15.8 Å². The number of aliphatic hydroxyl groups is 1. The predicted molar refractivity (Wildman–Crippen MR) is 105 cm³/mol. The van der Waals surface area contributed by atoms with E-state index in [0.717, 1.165) is 12.1 Å². The van der Waals surface area contributed by atoms with Gasteiger partial charge in [-0.3, -0.25) is 4.79 Å². The first-order valence-electron chi connectivity index (χ1n) is 9.90. The number of halogens is 3. The average Bonchev–Trinajstić information content (AvgIpc) is 3.25. The fourth-order valence-corrected chi connectivity index (χ4v) is 2.87. The van der Waals surface area contributed by atoms with Crippen LogP contribution in [0.25, 0.3) is 11.3 Å². The third kappa shape index (κ3) is 5.20. The van der Waals surface area contributed by atoms with Gasteiger partial charge in [-0.15, -0.1) is 0 Å². The Labute approximate surface area is 172 Å². The van der Waals surface area contributed by atoms with Crippen LogP contribution in [0, 0.1) is 5.92 Å². The third-order valence-corrected chi connectivity index (χ3v) is 5.42. The SMILES string of the molecule is CC(C)[C@H](C)NC(=O)c1noc(-c2ccc(C(F)(F)F)cc2)c1CNCC1(O)CC1. The second kappa shape index (κ2) is 8.39. The highest BCUT2D eigenvalue weighted by Crippen LogP contribution is 2.35. The molecule has 3 rings (SSSR count). The van der Waals surface area contributed by atoms with Gasteiger partial charge in [0.2, 0.25) is 0 Å². The van der Waals surface area contributed by atoms with Crippen LogP contribution in [0.4, 0.5) is 13.2 Å². The van der Waals surface area contributed by atoms with Crippen molar-refractivity contribution < 1.29 is 27.6 Å². The summed E-state index contributed by atoms with van der Waals surface area (Å²) in [5.74, 6) is 0.0160. The molecule has 0 aliphatic heterocycles. The molecule has 1 aromatic heterocycles. The Kier molecular flexibility index (Phi) is 6.24. The maximum atomic E-state index is 12.9. The maximum Gasteiger partial charge on any atom is 0.416 e. The number of aromatic nitrogens is 1. The summed E-state index contributed by atoms with van der Waals surface area (Å²) in [4.78, 5) is 12.7. The Balaban J connectivity index is 1.87. The smallest absolute Gasteiger partial charge is 0.389 e. The van der Waals surface area contributed by atoms with Gasteiger partial charge in [0.05, 0.1) is 11.2 Å². The summed E-state index contributed by atoms with van der Waals surface area (Å²) in [5, 5.41) is 19.9. The van der Waals surface area contributed by atoms with Crippen LogP contribution in [0.15, 0.2) is 28.8 Å². The van der Waals surface area contributed by atoms with Gasteiger partial charge in [-0.1, -0.05) is 31.1 Å². The lowest BCUT2D eigenvalue weighted by molar-refractivity contribution is -0.137. The highest BCUT2D eigenvalue weighted by Gasteiger charge is 2.40. The number of rotatable bonds is 8. The number of carbonyl (C=O) groups is 1. The van der Waals surface area contributed by atoms with E-state index in [2.05, 4.69) is 15.8 Å². The molecule has 0 radical (unpaired) electrons. The van der Waals surface area contributed by atoms with Gasteiger partial charge in [-0.2, -0.15) is 13.2 Å². The summed E-state index contributed by atoms with van der Waals surface area (Å²) in [6.45, 7) is 6.34. The molecule has 9 heteroatoms. The van der Waals surface area contributed by atoms with E-state index in [1.165, 1.54) is 12.1 Å². The Bertz CT molecular complexity index is 887. The number of benzene rings is 1. The van der Waals surface area contributed by atoms with Crippen LogP contribution in [-0.2, 0) is 12.7 Å². The summed E-state index contributed by atoms with van der Waals surface area (Å²) >= 11 is 0. The minimum absolute atomic E-state index is 0.0766. The number of carbonyl (C=O) groups excluding carboxylic acids is 1. The summed E-state index contributed by atoms with van der Waals surface area (Å²) in [5.41, 5.74) is -0.612. The van der Waals surface area contributed by atoms with Crippen molar-refractivity contribution in [2.24, 2.45) is 5.92 Å². The lowest BCUT2D eigenvalue weighted by Crippen LogP contribution is -2.37. The van der Waals surface area contributed by atoms with Crippen LogP contribution in [0.3, 0.4) is 0 Å². The van der Waals surface area contributed by atoms with Gasteiger partial charge in [0.1, 0.15) is 0 Å². The molecule has 2 aromatic rings. The molecular formula is C21H26F3N3O3. The van der Waals surface area contributed by atoms with Gasteiger partial charge in [0.25, 0.3) is 5.91 Å². The molecule has 0 spiro atoms. The number of amides is 1. The lowest BCUT2D eigenvalue weighted by Gasteiger charge is -2.17. The molecule has 0 saturated heterocycles. The highest BCUT2D eigenvalue weighted by molar-refractivity contribution is 5.95. The third-order valence-electron chi connectivity index (χ3n) is 5.42. The molecule has 6 nitrogen and oxygen atoms in total. The minimum Gasteiger partial charge on any atom is -0.389 e. The number of nitrogens with zero attached hydrogens (tertiary/aromatic N) is 1. The van der Waals surface area contributed by atoms with Gasteiger partial charge in [0, 0.05) is 30.3 Å². The fraction of sp³-hybridized carbons (Fsp3) is 0.524. The summed E-state index contributed by atoms with van der Waals surface area (Å²) in [7, 11) is 0. The van der Waals surface area contributed by atoms with E-state index < -0.39 is 23.2 Å². The quantitative estimate of drug-likeness (QED) is 0.600. The molecule has 0 bridgehead atoms. The van der Waals surface area contributed by atoms with Gasteiger partial charge in [0.15, 0.2) is 11.5 Å². The molecule has 164 valence electrons. The van der Waals surface area contributed by atoms with Crippen LogP contribution in [0.5, 0.6) is 0 Å². The Morgan fingerprint density at radius 2 is 1.87 bits per heavy atom.